The molecule has 1 N–H and O–H groups in total. The lowest BCUT2D eigenvalue weighted by molar-refractivity contribution is 0.183. The van der Waals surface area contributed by atoms with Gasteiger partial charge < -0.3 is 10.1 Å². The Morgan fingerprint density at radius 3 is 2.56 bits per heavy atom. The second kappa shape index (κ2) is 5.62. The van der Waals surface area contributed by atoms with Crippen molar-refractivity contribution in [2.45, 2.75) is 12.0 Å². The summed E-state index contributed by atoms with van der Waals surface area (Å²) in [5, 5.41) is 3.64. The maximum absolute atomic E-state index is 14.0. The van der Waals surface area contributed by atoms with Gasteiger partial charge in [0.2, 0.25) is 0 Å². The molecule has 0 saturated heterocycles. The smallest absolute Gasteiger partial charge is 0.124 e. The van der Waals surface area contributed by atoms with Gasteiger partial charge in [0.25, 0.3) is 0 Å². The van der Waals surface area contributed by atoms with E-state index in [0.29, 0.717) is 6.61 Å². The van der Waals surface area contributed by atoms with Crippen LogP contribution in [-0.4, -0.2) is 6.61 Å². The van der Waals surface area contributed by atoms with Crippen LogP contribution in [0.2, 0.25) is 0 Å². The van der Waals surface area contributed by atoms with E-state index in [1.807, 2.05) is 42.5 Å². The van der Waals surface area contributed by atoms with Crippen LogP contribution in [0.5, 0.6) is 5.75 Å². The van der Waals surface area contributed by atoms with Crippen LogP contribution in [0.15, 0.2) is 72.8 Å². The molecule has 2 aliphatic rings. The molecule has 0 amide bonds. The van der Waals surface area contributed by atoms with Gasteiger partial charge in [-0.1, -0.05) is 48.5 Å². The van der Waals surface area contributed by atoms with Gasteiger partial charge in [-0.05, 0) is 35.4 Å². The molecule has 2 aliphatic heterocycles. The predicted molar refractivity (Wildman–Crippen MR) is 96.5 cm³/mol. The minimum absolute atomic E-state index is 0.103. The van der Waals surface area contributed by atoms with Crippen molar-refractivity contribution in [1.29, 1.82) is 0 Å². The van der Waals surface area contributed by atoms with Gasteiger partial charge in [0, 0.05) is 23.1 Å². The van der Waals surface area contributed by atoms with Crippen LogP contribution < -0.4 is 10.1 Å². The van der Waals surface area contributed by atoms with Gasteiger partial charge in [-0.2, -0.15) is 0 Å². The highest BCUT2D eigenvalue weighted by Crippen LogP contribution is 2.51. The van der Waals surface area contributed by atoms with Crippen molar-refractivity contribution in [3.8, 4) is 5.75 Å². The van der Waals surface area contributed by atoms with Gasteiger partial charge in [-0.3, -0.25) is 0 Å². The van der Waals surface area contributed by atoms with E-state index in [2.05, 4.69) is 23.5 Å². The molecule has 0 bridgehead atoms. The normalized spacial score (nSPS) is 23.5. The van der Waals surface area contributed by atoms with Crippen LogP contribution in [0, 0.1) is 11.7 Å². The first-order valence-electron chi connectivity index (χ1n) is 8.64. The van der Waals surface area contributed by atoms with Crippen LogP contribution in [0.4, 0.5) is 10.1 Å². The zero-order valence-electron chi connectivity index (χ0n) is 13.7. The Labute approximate surface area is 146 Å². The van der Waals surface area contributed by atoms with Gasteiger partial charge in [0.15, 0.2) is 0 Å². The van der Waals surface area contributed by atoms with E-state index >= 15 is 0 Å². The average molecular weight is 331 g/mol. The lowest BCUT2D eigenvalue weighted by atomic mass is 9.71. The van der Waals surface area contributed by atoms with Crippen LogP contribution in [0.3, 0.4) is 0 Å². The summed E-state index contributed by atoms with van der Waals surface area (Å²) in [6, 6.07) is 23.8. The van der Waals surface area contributed by atoms with E-state index in [1.165, 1.54) is 17.2 Å². The van der Waals surface area contributed by atoms with Gasteiger partial charge in [0.1, 0.15) is 11.6 Å². The number of para-hydroxylation sites is 1. The van der Waals surface area contributed by atoms with Crippen molar-refractivity contribution in [3.05, 3.63) is 95.3 Å². The highest BCUT2D eigenvalue weighted by Gasteiger charge is 2.42. The molecule has 0 radical (unpaired) electrons. The third-order valence-corrected chi connectivity index (χ3v) is 5.36. The van der Waals surface area contributed by atoms with E-state index in [0.717, 1.165) is 17.0 Å². The molecule has 3 atom stereocenters. The number of anilines is 1. The fraction of sp³-hybridized carbons (Fsp3) is 0.182. The first-order chi connectivity index (χ1) is 12.3. The third-order valence-electron chi connectivity index (χ3n) is 5.36. The molecule has 0 unspecified atom stereocenters. The van der Waals surface area contributed by atoms with Crippen LogP contribution in [0.25, 0.3) is 0 Å². The zero-order valence-corrected chi connectivity index (χ0v) is 13.7. The molecule has 0 spiro atoms. The van der Waals surface area contributed by atoms with Crippen LogP contribution >= 0.6 is 0 Å². The SMILES string of the molecule is Fc1ccc2c(c1)[C@H](c1ccccc1)[C@H]1COc3ccccc3[C@@H]1N2. The first-order valence-corrected chi connectivity index (χ1v) is 8.64. The van der Waals surface area contributed by atoms with E-state index in [1.54, 1.807) is 6.07 Å². The highest BCUT2D eigenvalue weighted by molar-refractivity contribution is 5.61. The molecule has 25 heavy (non-hydrogen) atoms. The first kappa shape index (κ1) is 14.5. The van der Waals surface area contributed by atoms with Crippen LogP contribution in [0.1, 0.15) is 28.7 Å². The molecule has 2 nitrogen and oxygen atoms in total. The Morgan fingerprint density at radius 1 is 0.880 bits per heavy atom. The van der Waals surface area contributed by atoms with Crippen molar-refractivity contribution in [2.24, 2.45) is 5.92 Å². The number of hydrogen-bond donors (Lipinski definition) is 1. The number of halogens is 1. The van der Waals surface area contributed by atoms with E-state index in [9.17, 15) is 4.39 Å². The molecule has 3 aromatic rings. The summed E-state index contributed by atoms with van der Waals surface area (Å²) in [7, 11) is 0. The summed E-state index contributed by atoms with van der Waals surface area (Å²) in [5.41, 5.74) is 4.40. The minimum Gasteiger partial charge on any atom is -0.493 e. The monoisotopic (exact) mass is 331 g/mol. The predicted octanol–water partition coefficient (Wildman–Crippen LogP) is 5.13. The maximum atomic E-state index is 14.0. The molecule has 5 rings (SSSR count). The lowest BCUT2D eigenvalue weighted by Gasteiger charge is -2.44. The number of ether oxygens (including phenoxy) is 1. The number of benzene rings is 3. The Kier molecular flexibility index (Phi) is 3.27. The standard InChI is InChI=1S/C22H18FNO/c23-15-10-11-19-17(12-15)21(14-6-2-1-3-7-14)18-13-25-20-9-5-4-8-16(20)22(18)24-19/h1-12,18,21-22,24H,13H2/t18-,21+,22+/m1/s1. The molecule has 0 aromatic heterocycles. The molecule has 3 heteroatoms. The molecular formula is C22H18FNO. The molecular weight excluding hydrogens is 313 g/mol. The fourth-order valence-corrected chi connectivity index (χ4v) is 4.26. The van der Waals surface area contributed by atoms with Gasteiger partial charge in [-0.15, -0.1) is 0 Å². The largest absolute Gasteiger partial charge is 0.493 e. The fourth-order valence-electron chi connectivity index (χ4n) is 4.26. The Morgan fingerprint density at radius 2 is 1.68 bits per heavy atom. The van der Waals surface area contributed by atoms with Crippen molar-refractivity contribution < 1.29 is 9.13 Å². The highest BCUT2D eigenvalue weighted by atomic mass is 19.1. The molecule has 0 aliphatic carbocycles. The summed E-state index contributed by atoms with van der Waals surface area (Å²) in [6.45, 7) is 0.615. The Balaban J connectivity index is 1.70. The zero-order chi connectivity index (χ0) is 16.8. The van der Waals surface area contributed by atoms with Gasteiger partial charge in [-0.25, -0.2) is 4.39 Å². The number of fused-ring (bicyclic) bond motifs is 4. The maximum Gasteiger partial charge on any atom is 0.124 e. The van der Waals surface area contributed by atoms with Crippen molar-refractivity contribution in [3.63, 3.8) is 0 Å². The van der Waals surface area contributed by atoms with Gasteiger partial charge in [0.05, 0.1) is 12.6 Å². The van der Waals surface area contributed by atoms with Gasteiger partial charge >= 0.3 is 0 Å². The average Bonchev–Trinajstić information content (AvgIpc) is 2.67. The molecule has 124 valence electrons. The molecule has 0 fully saturated rings. The van der Waals surface area contributed by atoms with E-state index < -0.39 is 0 Å². The number of rotatable bonds is 1. The molecule has 0 saturated carbocycles. The second-order valence-electron chi connectivity index (χ2n) is 6.75. The molecule has 3 aromatic carbocycles. The summed E-state index contributed by atoms with van der Waals surface area (Å²) in [6.07, 6.45) is 0. The topological polar surface area (TPSA) is 21.3 Å². The number of hydrogen-bond acceptors (Lipinski definition) is 2. The Bertz CT molecular complexity index is 924. The quantitative estimate of drug-likeness (QED) is 0.667. The molecule has 2 heterocycles. The summed E-state index contributed by atoms with van der Waals surface area (Å²) >= 11 is 0. The summed E-state index contributed by atoms with van der Waals surface area (Å²) < 4.78 is 20.0. The Hall–Kier alpha value is -2.81. The van der Waals surface area contributed by atoms with Crippen molar-refractivity contribution >= 4 is 5.69 Å². The van der Waals surface area contributed by atoms with Crippen LogP contribution in [-0.2, 0) is 0 Å². The summed E-state index contributed by atoms with van der Waals surface area (Å²) in [4.78, 5) is 0. The third kappa shape index (κ3) is 2.30. The van der Waals surface area contributed by atoms with Crippen molar-refractivity contribution in [2.75, 3.05) is 11.9 Å². The lowest BCUT2D eigenvalue weighted by Crippen LogP contribution is -2.39. The minimum atomic E-state index is -0.197. The van der Waals surface area contributed by atoms with E-state index in [-0.39, 0.29) is 23.7 Å². The number of nitrogens with one attached hydrogen (secondary N) is 1. The summed E-state index contributed by atoms with van der Waals surface area (Å²) in [5.74, 6) is 1.06. The van der Waals surface area contributed by atoms with E-state index in [4.69, 9.17) is 4.74 Å². The van der Waals surface area contributed by atoms with Crippen molar-refractivity contribution in [1.82, 2.24) is 0 Å². The second-order valence-corrected chi connectivity index (χ2v) is 6.75.